The van der Waals surface area contributed by atoms with Crippen LogP contribution in [0.15, 0.2) is 58.3 Å². The monoisotopic (exact) mass is 383 g/mol. The molecule has 0 bridgehead atoms. The van der Waals surface area contributed by atoms with Crippen molar-refractivity contribution in [2.24, 2.45) is 0 Å². The first-order valence-electron chi connectivity index (χ1n) is 9.18. The normalized spacial score (nSPS) is 15.0. The Morgan fingerprint density at radius 2 is 1.93 bits per heavy atom. The largest absolute Gasteiger partial charge is 0.462 e. The van der Waals surface area contributed by atoms with Gasteiger partial charge in [-0.1, -0.05) is 36.4 Å². The lowest BCUT2D eigenvalue weighted by atomic mass is 9.98. The highest BCUT2D eigenvalue weighted by atomic mass is 32.2. The van der Waals surface area contributed by atoms with Crippen LogP contribution in [0.3, 0.4) is 0 Å². The maximum absolute atomic E-state index is 12.2. The number of rotatable bonds is 6. The van der Waals surface area contributed by atoms with Gasteiger partial charge in [-0.2, -0.15) is 0 Å². The summed E-state index contributed by atoms with van der Waals surface area (Å²) in [7, 11) is 0. The third kappa shape index (κ3) is 4.24. The summed E-state index contributed by atoms with van der Waals surface area (Å²) in [5, 5.41) is 9.18. The molecule has 1 aromatic carbocycles. The Labute approximate surface area is 161 Å². The van der Waals surface area contributed by atoms with Crippen molar-refractivity contribution in [2.75, 3.05) is 5.75 Å². The molecule has 0 atom stereocenters. The van der Waals surface area contributed by atoms with Crippen LogP contribution in [0.1, 0.15) is 32.1 Å². The van der Waals surface area contributed by atoms with E-state index >= 15 is 0 Å². The standard InChI is InChI=1S/C20H21N3O3S/c24-18(26-16-10-5-2-6-11-16)14-27-20-22-21-19(17-12-7-13-25-17)23(20)15-8-3-1-4-9-15/h1,3-4,7-9,12-13,16H,2,5-6,10-11,14H2. The zero-order valence-corrected chi connectivity index (χ0v) is 15.7. The smallest absolute Gasteiger partial charge is 0.316 e. The Morgan fingerprint density at radius 1 is 1.11 bits per heavy atom. The van der Waals surface area contributed by atoms with Crippen molar-refractivity contribution in [3.05, 3.63) is 48.7 Å². The van der Waals surface area contributed by atoms with E-state index < -0.39 is 0 Å². The molecule has 6 nitrogen and oxygen atoms in total. The van der Waals surface area contributed by atoms with Gasteiger partial charge in [-0.3, -0.25) is 9.36 Å². The Balaban J connectivity index is 1.51. The van der Waals surface area contributed by atoms with Crippen molar-refractivity contribution >= 4 is 17.7 Å². The van der Waals surface area contributed by atoms with Gasteiger partial charge in [0, 0.05) is 5.69 Å². The van der Waals surface area contributed by atoms with Gasteiger partial charge in [-0.25, -0.2) is 0 Å². The molecule has 1 aliphatic carbocycles. The van der Waals surface area contributed by atoms with Crippen LogP contribution in [-0.2, 0) is 9.53 Å². The average molecular weight is 383 g/mol. The zero-order valence-electron chi connectivity index (χ0n) is 14.9. The Hall–Kier alpha value is -2.54. The van der Waals surface area contributed by atoms with Gasteiger partial charge in [0.15, 0.2) is 10.9 Å². The first-order valence-corrected chi connectivity index (χ1v) is 10.2. The number of furan rings is 1. The first kappa shape index (κ1) is 17.9. The summed E-state index contributed by atoms with van der Waals surface area (Å²) in [5.74, 6) is 1.24. The van der Waals surface area contributed by atoms with Gasteiger partial charge in [0.05, 0.1) is 12.0 Å². The molecule has 140 valence electrons. The van der Waals surface area contributed by atoms with Crippen molar-refractivity contribution < 1.29 is 13.9 Å². The number of hydrogen-bond donors (Lipinski definition) is 0. The topological polar surface area (TPSA) is 70.2 Å². The lowest BCUT2D eigenvalue weighted by Crippen LogP contribution is -2.22. The van der Waals surface area contributed by atoms with Crippen LogP contribution in [0.2, 0.25) is 0 Å². The van der Waals surface area contributed by atoms with Gasteiger partial charge in [-0.15, -0.1) is 10.2 Å². The van der Waals surface area contributed by atoms with E-state index in [0.29, 0.717) is 16.7 Å². The molecular formula is C20H21N3O3S. The van der Waals surface area contributed by atoms with Crippen molar-refractivity contribution in [1.29, 1.82) is 0 Å². The van der Waals surface area contributed by atoms with E-state index in [2.05, 4.69) is 10.2 Å². The second-order valence-electron chi connectivity index (χ2n) is 6.49. The van der Waals surface area contributed by atoms with E-state index in [-0.39, 0.29) is 17.8 Å². The fraction of sp³-hybridized carbons (Fsp3) is 0.350. The fourth-order valence-electron chi connectivity index (χ4n) is 3.27. The lowest BCUT2D eigenvalue weighted by molar-refractivity contribution is -0.147. The lowest BCUT2D eigenvalue weighted by Gasteiger charge is -2.21. The Kier molecular flexibility index (Phi) is 5.58. The average Bonchev–Trinajstić information content (AvgIpc) is 3.37. The Bertz CT molecular complexity index is 871. The van der Waals surface area contributed by atoms with Crippen molar-refractivity contribution in [3.8, 4) is 17.3 Å². The number of nitrogens with zero attached hydrogens (tertiary/aromatic N) is 3. The number of aromatic nitrogens is 3. The Morgan fingerprint density at radius 3 is 2.67 bits per heavy atom. The predicted octanol–water partition coefficient (Wildman–Crippen LogP) is 4.50. The van der Waals surface area contributed by atoms with Crippen LogP contribution in [-0.4, -0.2) is 32.6 Å². The van der Waals surface area contributed by atoms with E-state index in [1.807, 2.05) is 47.0 Å². The summed E-state index contributed by atoms with van der Waals surface area (Å²) >= 11 is 1.33. The molecule has 0 radical (unpaired) electrons. The molecule has 3 aromatic rings. The predicted molar refractivity (Wildman–Crippen MR) is 103 cm³/mol. The number of esters is 1. The highest BCUT2D eigenvalue weighted by Gasteiger charge is 2.21. The molecule has 0 amide bonds. The quantitative estimate of drug-likeness (QED) is 0.461. The molecule has 0 saturated heterocycles. The van der Waals surface area contributed by atoms with Crippen molar-refractivity contribution in [3.63, 3.8) is 0 Å². The highest BCUT2D eigenvalue weighted by Crippen LogP contribution is 2.28. The molecule has 0 N–H and O–H groups in total. The molecule has 0 aliphatic heterocycles. The zero-order chi connectivity index (χ0) is 18.5. The van der Waals surface area contributed by atoms with Gasteiger partial charge in [0.2, 0.25) is 5.82 Å². The second-order valence-corrected chi connectivity index (χ2v) is 7.44. The van der Waals surface area contributed by atoms with Crippen LogP contribution >= 0.6 is 11.8 Å². The highest BCUT2D eigenvalue weighted by molar-refractivity contribution is 7.99. The summed E-state index contributed by atoms with van der Waals surface area (Å²) in [6.45, 7) is 0. The van der Waals surface area contributed by atoms with E-state index in [0.717, 1.165) is 31.4 Å². The van der Waals surface area contributed by atoms with Crippen LogP contribution < -0.4 is 0 Å². The summed E-state index contributed by atoms with van der Waals surface area (Å²) in [5.41, 5.74) is 0.914. The van der Waals surface area contributed by atoms with Gasteiger partial charge < -0.3 is 9.15 Å². The van der Waals surface area contributed by atoms with Crippen molar-refractivity contribution in [2.45, 2.75) is 43.4 Å². The van der Waals surface area contributed by atoms with E-state index in [4.69, 9.17) is 9.15 Å². The molecule has 1 saturated carbocycles. The van der Waals surface area contributed by atoms with Gasteiger partial charge in [-0.05, 0) is 49.9 Å². The maximum atomic E-state index is 12.2. The van der Waals surface area contributed by atoms with E-state index in [1.54, 1.807) is 6.26 Å². The maximum Gasteiger partial charge on any atom is 0.316 e. The molecule has 1 aliphatic rings. The number of para-hydroxylation sites is 1. The SMILES string of the molecule is O=C(CSc1nnc(-c2ccco2)n1-c1ccccc1)OC1CCCCC1. The summed E-state index contributed by atoms with van der Waals surface area (Å²) in [4.78, 5) is 12.2. The molecule has 0 unspecified atom stereocenters. The molecule has 1 fully saturated rings. The molecule has 2 heterocycles. The van der Waals surface area contributed by atoms with E-state index in [1.165, 1.54) is 18.2 Å². The van der Waals surface area contributed by atoms with Gasteiger partial charge >= 0.3 is 5.97 Å². The minimum atomic E-state index is -0.200. The van der Waals surface area contributed by atoms with Crippen LogP contribution in [0.5, 0.6) is 0 Å². The summed E-state index contributed by atoms with van der Waals surface area (Å²) < 4.78 is 13.0. The molecule has 0 spiro atoms. The first-order chi connectivity index (χ1) is 13.3. The second kappa shape index (κ2) is 8.43. The molecular weight excluding hydrogens is 362 g/mol. The third-order valence-electron chi connectivity index (χ3n) is 4.56. The molecule has 7 heteroatoms. The number of hydrogen-bond acceptors (Lipinski definition) is 6. The summed E-state index contributed by atoms with van der Waals surface area (Å²) in [6.07, 6.45) is 7.13. The van der Waals surface area contributed by atoms with Crippen LogP contribution in [0.25, 0.3) is 17.3 Å². The minimum absolute atomic E-state index is 0.0672. The van der Waals surface area contributed by atoms with Crippen LogP contribution in [0.4, 0.5) is 0 Å². The van der Waals surface area contributed by atoms with Gasteiger partial charge in [0.25, 0.3) is 0 Å². The number of ether oxygens (including phenoxy) is 1. The number of benzene rings is 1. The summed E-state index contributed by atoms with van der Waals surface area (Å²) in [6, 6.07) is 13.5. The number of thioether (sulfide) groups is 1. The number of carbonyl (C=O) groups excluding carboxylic acids is 1. The molecule has 4 rings (SSSR count). The minimum Gasteiger partial charge on any atom is -0.462 e. The third-order valence-corrected chi connectivity index (χ3v) is 5.46. The van der Waals surface area contributed by atoms with Gasteiger partial charge in [0.1, 0.15) is 6.10 Å². The van der Waals surface area contributed by atoms with E-state index in [9.17, 15) is 4.79 Å². The van der Waals surface area contributed by atoms with Crippen molar-refractivity contribution in [1.82, 2.24) is 14.8 Å². The molecule has 2 aromatic heterocycles. The number of carbonyl (C=O) groups is 1. The fourth-order valence-corrected chi connectivity index (χ4v) is 4.00. The molecule has 27 heavy (non-hydrogen) atoms. The van der Waals surface area contributed by atoms with Crippen LogP contribution in [0, 0.1) is 0 Å².